The summed E-state index contributed by atoms with van der Waals surface area (Å²) in [6, 6.07) is 8.10. The van der Waals surface area contributed by atoms with E-state index >= 15 is 0 Å². The lowest BCUT2D eigenvalue weighted by Crippen LogP contribution is -2.44. The molecular weight excluding hydrogens is 378 g/mol. The van der Waals surface area contributed by atoms with Crippen molar-refractivity contribution in [3.05, 3.63) is 35.4 Å². The molecule has 0 atom stereocenters. The van der Waals surface area contributed by atoms with Gasteiger partial charge in [0, 0.05) is 44.3 Å². The van der Waals surface area contributed by atoms with Crippen LogP contribution in [-0.4, -0.2) is 62.7 Å². The number of amides is 1. The molecule has 3 rings (SSSR count). The van der Waals surface area contributed by atoms with E-state index in [9.17, 15) is 9.59 Å². The number of rotatable bonds is 6. The minimum atomic E-state index is -0.129. The van der Waals surface area contributed by atoms with E-state index in [2.05, 4.69) is 27.7 Å². The number of nitrogens with zero attached hydrogens (tertiary/aromatic N) is 1. The Kier molecular flexibility index (Phi) is 9.22. The molecule has 28 heavy (non-hydrogen) atoms. The van der Waals surface area contributed by atoms with E-state index in [0.717, 1.165) is 64.8 Å². The Morgan fingerprint density at radius 3 is 2.36 bits per heavy atom. The smallest absolute Gasteiger partial charge is 0.308 e. The summed E-state index contributed by atoms with van der Waals surface area (Å²) in [5.41, 5.74) is 1.97. The first-order valence-electron chi connectivity index (χ1n) is 10.1. The Bertz CT molecular complexity index is 624. The summed E-state index contributed by atoms with van der Waals surface area (Å²) in [6.45, 7) is 5.43. The number of piperazine rings is 1. The highest BCUT2D eigenvalue weighted by Crippen LogP contribution is 2.25. The number of carbonyl (C=O) groups is 2. The summed E-state index contributed by atoms with van der Waals surface area (Å²) in [4.78, 5) is 26.5. The molecule has 2 aliphatic rings. The first-order chi connectivity index (χ1) is 13.2. The maximum absolute atomic E-state index is 12.5. The number of nitrogens with one attached hydrogen (secondary N) is 2. The van der Waals surface area contributed by atoms with Crippen LogP contribution in [0, 0.1) is 5.92 Å². The lowest BCUT2D eigenvalue weighted by atomic mass is 9.86. The average molecular weight is 410 g/mol. The van der Waals surface area contributed by atoms with Gasteiger partial charge in [0.1, 0.15) is 0 Å². The van der Waals surface area contributed by atoms with Gasteiger partial charge in [0.2, 0.25) is 0 Å². The number of benzene rings is 1. The SMILES string of the molecule is COC(=O)C1CCC(NC(=O)c2ccc(CCN3CCNCC3)cc2)CC1.Cl. The Labute approximate surface area is 173 Å². The molecule has 0 radical (unpaired) electrons. The molecule has 6 nitrogen and oxygen atoms in total. The first-order valence-corrected chi connectivity index (χ1v) is 10.1. The fourth-order valence-corrected chi connectivity index (χ4v) is 3.95. The van der Waals surface area contributed by atoms with Crippen molar-refractivity contribution in [3.63, 3.8) is 0 Å². The number of carbonyl (C=O) groups excluding carboxylic acids is 2. The van der Waals surface area contributed by atoms with Gasteiger partial charge in [-0.3, -0.25) is 9.59 Å². The normalized spacial score (nSPS) is 22.8. The van der Waals surface area contributed by atoms with Crippen LogP contribution in [0.25, 0.3) is 0 Å². The van der Waals surface area contributed by atoms with Crippen LogP contribution < -0.4 is 10.6 Å². The van der Waals surface area contributed by atoms with Gasteiger partial charge >= 0.3 is 5.97 Å². The summed E-state index contributed by atoms with van der Waals surface area (Å²) < 4.78 is 4.81. The van der Waals surface area contributed by atoms with Crippen molar-refractivity contribution in [2.45, 2.75) is 38.1 Å². The van der Waals surface area contributed by atoms with Crippen LogP contribution in [0.2, 0.25) is 0 Å². The molecule has 1 amide bonds. The number of hydrogen-bond acceptors (Lipinski definition) is 5. The predicted molar refractivity (Wildman–Crippen MR) is 112 cm³/mol. The molecule has 1 aliphatic heterocycles. The molecule has 0 spiro atoms. The van der Waals surface area contributed by atoms with Crippen molar-refractivity contribution in [2.75, 3.05) is 39.8 Å². The Balaban J connectivity index is 0.00000280. The predicted octanol–water partition coefficient (Wildman–Crippen LogP) is 2.02. The molecule has 1 aliphatic carbocycles. The van der Waals surface area contributed by atoms with Gasteiger partial charge in [-0.25, -0.2) is 0 Å². The molecule has 1 saturated heterocycles. The molecule has 0 unspecified atom stereocenters. The third kappa shape index (κ3) is 6.47. The highest BCUT2D eigenvalue weighted by Gasteiger charge is 2.27. The van der Waals surface area contributed by atoms with Crippen LogP contribution in [-0.2, 0) is 16.0 Å². The second-order valence-corrected chi connectivity index (χ2v) is 7.58. The van der Waals surface area contributed by atoms with Crippen molar-refractivity contribution in [2.24, 2.45) is 5.92 Å². The van der Waals surface area contributed by atoms with E-state index in [1.807, 2.05) is 12.1 Å². The van der Waals surface area contributed by atoms with Crippen LogP contribution in [0.5, 0.6) is 0 Å². The molecule has 2 fully saturated rings. The molecule has 1 heterocycles. The quantitative estimate of drug-likeness (QED) is 0.703. The van der Waals surface area contributed by atoms with Gasteiger partial charge in [-0.15, -0.1) is 12.4 Å². The number of hydrogen-bond donors (Lipinski definition) is 2. The summed E-state index contributed by atoms with van der Waals surface area (Å²) in [6.07, 6.45) is 4.23. The number of methoxy groups -OCH3 is 1. The Morgan fingerprint density at radius 1 is 1.11 bits per heavy atom. The molecule has 0 aromatic heterocycles. The van der Waals surface area contributed by atoms with E-state index in [1.165, 1.54) is 12.7 Å². The lowest BCUT2D eigenvalue weighted by Gasteiger charge is -2.27. The van der Waals surface area contributed by atoms with Crippen LogP contribution in [0.1, 0.15) is 41.6 Å². The molecule has 2 N–H and O–H groups in total. The maximum atomic E-state index is 12.5. The highest BCUT2D eigenvalue weighted by molar-refractivity contribution is 5.94. The van der Waals surface area contributed by atoms with E-state index in [1.54, 1.807) is 0 Å². The zero-order valence-electron chi connectivity index (χ0n) is 16.6. The maximum Gasteiger partial charge on any atom is 0.308 e. The monoisotopic (exact) mass is 409 g/mol. The van der Waals surface area contributed by atoms with Crippen molar-refractivity contribution < 1.29 is 14.3 Å². The lowest BCUT2D eigenvalue weighted by molar-refractivity contribution is -0.146. The van der Waals surface area contributed by atoms with E-state index in [0.29, 0.717) is 5.56 Å². The molecule has 1 aromatic rings. The van der Waals surface area contributed by atoms with Crippen LogP contribution >= 0.6 is 12.4 Å². The highest BCUT2D eigenvalue weighted by atomic mass is 35.5. The molecule has 156 valence electrons. The van der Waals surface area contributed by atoms with Gasteiger partial charge in [-0.05, 0) is 49.8 Å². The summed E-state index contributed by atoms with van der Waals surface area (Å²) in [5.74, 6) is -0.167. The van der Waals surface area contributed by atoms with Gasteiger partial charge < -0.3 is 20.3 Å². The Hall–Kier alpha value is -1.63. The molecule has 1 aromatic carbocycles. The minimum Gasteiger partial charge on any atom is -0.469 e. The minimum absolute atomic E-state index is 0. The third-order valence-corrected chi connectivity index (χ3v) is 5.74. The van der Waals surface area contributed by atoms with Crippen molar-refractivity contribution in [1.29, 1.82) is 0 Å². The van der Waals surface area contributed by atoms with Crippen molar-refractivity contribution in [3.8, 4) is 0 Å². The topological polar surface area (TPSA) is 70.7 Å². The van der Waals surface area contributed by atoms with Gasteiger partial charge in [-0.1, -0.05) is 12.1 Å². The molecular formula is C21H32ClN3O3. The van der Waals surface area contributed by atoms with Gasteiger partial charge in [0.25, 0.3) is 5.91 Å². The van der Waals surface area contributed by atoms with Gasteiger partial charge in [0.05, 0.1) is 13.0 Å². The summed E-state index contributed by atoms with van der Waals surface area (Å²) in [5, 5.41) is 6.48. The van der Waals surface area contributed by atoms with Crippen LogP contribution in [0.4, 0.5) is 0 Å². The van der Waals surface area contributed by atoms with E-state index in [4.69, 9.17) is 4.74 Å². The third-order valence-electron chi connectivity index (χ3n) is 5.74. The molecule has 0 bridgehead atoms. The van der Waals surface area contributed by atoms with Gasteiger partial charge in [-0.2, -0.15) is 0 Å². The summed E-state index contributed by atoms with van der Waals surface area (Å²) in [7, 11) is 1.43. The zero-order valence-corrected chi connectivity index (χ0v) is 17.4. The van der Waals surface area contributed by atoms with E-state index < -0.39 is 0 Å². The second kappa shape index (κ2) is 11.4. The second-order valence-electron chi connectivity index (χ2n) is 7.58. The fraction of sp³-hybridized carbons (Fsp3) is 0.619. The Morgan fingerprint density at radius 2 is 1.75 bits per heavy atom. The standard InChI is InChI=1S/C21H31N3O3.ClH/c1-27-21(26)18-6-8-19(9-7-18)23-20(25)17-4-2-16(3-5-17)10-13-24-14-11-22-12-15-24;/h2-5,18-19,22H,6-15H2,1H3,(H,23,25);1H. The van der Waals surface area contributed by atoms with Crippen molar-refractivity contribution in [1.82, 2.24) is 15.5 Å². The summed E-state index contributed by atoms with van der Waals surface area (Å²) >= 11 is 0. The van der Waals surface area contributed by atoms with Gasteiger partial charge in [0.15, 0.2) is 0 Å². The number of ether oxygens (including phenoxy) is 1. The van der Waals surface area contributed by atoms with Crippen molar-refractivity contribution >= 4 is 24.3 Å². The van der Waals surface area contributed by atoms with E-state index in [-0.39, 0.29) is 36.2 Å². The number of esters is 1. The zero-order chi connectivity index (χ0) is 19.1. The molecule has 7 heteroatoms. The largest absolute Gasteiger partial charge is 0.469 e. The fourth-order valence-electron chi connectivity index (χ4n) is 3.95. The molecule has 1 saturated carbocycles. The average Bonchev–Trinajstić information content (AvgIpc) is 2.73. The first kappa shape index (κ1) is 22.7. The van der Waals surface area contributed by atoms with Crippen LogP contribution in [0.15, 0.2) is 24.3 Å². The van der Waals surface area contributed by atoms with Crippen LogP contribution in [0.3, 0.4) is 0 Å². The number of halogens is 1.